The number of carbonyl (C=O) groups excluding carboxylic acids is 1. The summed E-state index contributed by atoms with van der Waals surface area (Å²) in [6, 6.07) is 11.9. The molecule has 2 aromatic carbocycles. The molecule has 1 heterocycles. The average molecular weight is 448 g/mol. The van der Waals surface area contributed by atoms with Gasteiger partial charge in [0.25, 0.3) is 11.6 Å². The molecule has 1 amide bonds. The van der Waals surface area contributed by atoms with E-state index in [1.165, 1.54) is 22.5 Å². The summed E-state index contributed by atoms with van der Waals surface area (Å²) in [4.78, 5) is 24.5. The average Bonchev–Trinajstić information content (AvgIpc) is 2.79. The second kappa shape index (κ2) is 9.88. The molecule has 10 heteroatoms. The summed E-state index contributed by atoms with van der Waals surface area (Å²) in [5.41, 5.74) is 0.231. The zero-order valence-electron chi connectivity index (χ0n) is 17.3. The molecule has 0 N–H and O–H groups in total. The van der Waals surface area contributed by atoms with Crippen molar-refractivity contribution < 1.29 is 22.9 Å². The minimum absolute atomic E-state index is 0.120. The van der Waals surface area contributed by atoms with Gasteiger partial charge in [0.2, 0.25) is 10.0 Å². The number of benzene rings is 2. The minimum Gasteiger partial charge on any atom is -0.494 e. The van der Waals surface area contributed by atoms with Gasteiger partial charge in [-0.25, -0.2) is 8.42 Å². The molecule has 1 aliphatic rings. The number of hydrogen-bond acceptors (Lipinski definition) is 6. The van der Waals surface area contributed by atoms with Crippen LogP contribution in [-0.4, -0.2) is 61.2 Å². The molecule has 166 valence electrons. The van der Waals surface area contributed by atoms with Crippen molar-refractivity contribution in [1.29, 1.82) is 0 Å². The van der Waals surface area contributed by atoms with Gasteiger partial charge in [-0.2, -0.15) is 4.31 Å². The first-order chi connectivity index (χ1) is 14.8. The first-order valence-corrected chi connectivity index (χ1v) is 11.5. The van der Waals surface area contributed by atoms with Crippen molar-refractivity contribution in [1.82, 2.24) is 9.21 Å². The Balaban J connectivity index is 1.61. The van der Waals surface area contributed by atoms with Crippen LogP contribution >= 0.6 is 0 Å². The molecular weight excluding hydrogens is 422 g/mol. The fourth-order valence-corrected chi connectivity index (χ4v) is 4.71. The molecule has 0 saturated carbocycles. The highest BCUT2D eigenvalue weighted by Crippen LogP contribution is 2.23. The van der Waals surface area contributed by atoms with Crippen LogP contribution in [0.15, 0.2) is 53.4 Å². The SMILES string of the molecule is CCCCOc1ccc(C(=O)N2CCN(S(=O)(=O)c3cccc([N+](=O)[O-])c3)CC2)cc1. The van der Waals surface area contributed by atoms with E-state index in [4.69, 9.17) is 4.74 Å². The van der Waals surface area contributed by atoms with Gasteiger partial charge >= 0.3 is 0 Å². The number of nitro benzene ring substituents is 1. The van der Waals surface area contributed by atoms with Gasteiger partial charge in [0.1, 0.15) is 5.75 Å². The molecule has 0 radical (unpaired) electrons. The second-order valence-electron chi connectivity index (χ2n) is 7.18. The largest absolute Gasteiger partial charge is 0.494 e. The third-order valence-corrected chi connectivity index (χ3v) is 6.95. The Morgan fingerprint density at radius 2 is 1.77 bits per heavy atom. The Kier molecular flexibility index (Phi) is 7.24. The van der Waals surface area contributed by atoms with Crippen LogP contribution in [-0.2, 0) is 10.0 Å². The van der Waals surface area contributed by atoms with Crippen LogP contribution < -0.4 is 4.74 Å². The maximum absolute atomic E-state index is 12.8. The summed E-state index contributed by atoms with van der Waals surface area (Å²) < 4.78 is 32.5. The molecule has 0 aliphatic carbocycles. The van der Waals surface area contributed by atoms with Crippen molar-refractivity contribution >= 4 is 21.6 Å². The van der Waals surface area contributed by atoms with E-state index in [1.54, 1.807) is 29.2 Å². The topological polar surface area (TPSA) is 110 Å². The smallest absolute Gasteiger partial charge is 0.270 e. The Morgan fingerprint density at radius 1 is 1.10 bits per heavy atom. The molecule has 0 aromatic heterocycles. The van der Waals surface area contributed by atoms with E-state index in [-0.39, 0.29) is 42.7 Å². The molecule has 2 aromatic rings. The van der Waals surface area contributed by atoms with Gasteiger partial charge in [0.15, 0.2) is 0 Å². The lowest BCUT2D eigenvalue weighted by Crippen LogP contribution is -2.50. The number of carbonyl (C=O) groups is 1. The highest BCUT2D eigenvalue weighted by Gasteiger charge is 2.31. The molecular formula is C21H25N3O6S. The summed E-state index contributed by atoms with van der Waals surface area (Å²) in [5.74, 6) is 0.533. The van der Waals surface area contributed by atoms with Gasteiger partial charge < -0.3 is 9.64 Å². The van der Waals surface area contributed by atoms with E-state index in [9.17, 15) is 23.3 Å². The third-order valence-electron chi connectivity index (χ3n) is 5.06. The van der Waals surface area contributed by atoms with Gasteiger partial charge in [0, 0.05) is 43.9 Å². The van der Waals surface area contributed by atoms with Gasteiger partial charge in [-0.1, -0.05) is 19.4 Å². The standard InChI is InChI=1S/C21H25N3O6S/c1-2-3-15-30-19-9-7-17(8-10-19)21(25)22-11-13-23(14-12-22)31(28,29)20-6-4-5-18(16-20)24(26)27/h4-10,16H,2-3,11-15H2,1H3. The zero-order valence-corrected chi connectivity index (χ0v) is 18.1. The van der Waals surface area contributed by atoms with Crippen molar-refractivity contribution in [3.05, 3.63) is 64.2 Å². The molecule has 31 heavy (non-hydrogen) atoms. The molecule has 1 fully saturated rings. The van der Waals surface area contributed by atoms with E-state index < -0.39 is 14.9 Å². The summed E-state index contributed by atoms with van der Waals surface area (Å²) in [6.45, 7) is 3.43. The van der Waals surface area contributed by atoms with Crippen LogP contribution in [0.3, 0.4) is 0 Å². The highest BCUT2D eigenvalue weighted by atomic mass is 32.2. The van der Waals surface area contributed by atoms with Gasteiger partial charge in [-0.3, -0.25) is 14.9 Å². The number of piperazine rings is 1. The lowest BCUT2D eigenvalue weighted by atomic mass is 10.2. The molecule has 0 spiro atoms. The fraction of sp³-hybridized carbons (Fsp3) is 0.381. The van der Waals surface area contributed by atoms with E-state index in [0.29, 0.717) is 17.9 Å². The number of nitro groups is 1. The van der Waals surface area contributed by atoms with Crippen molar-refractivity contribution in [3.63, 3.8) is 0 Å². The fourth-order valence-electron chi connectivity index (χ4n) is 3.25. The Labute approximate surface area is 181 Å². The molecule has 3 rings (SSSR count). The molecule has 0 atom stereocenters. The second-order valence-corrected chi connectivity index (χ2v) is 9.12. The normalized spacial score (nSPS) is 14.9. The van der Waals surface area contributed by atoms with Crippen LogP contribution in [0.25, 0.3) is 0 Å². The van der Waals surface area contributed by atoms with Crippen LogP contribution in [0.4, 0.5) is 5.69 Å². The highest BCUT2D eigenvalue weighted by molar-refractivity contribution is 7.89. The van der Waals surface area contributed by atoms with E-state index >= 15 is 0 Å². The monoisotopic (exact) mass is 447 g/mol. The van der Waals surface area contributed by atoms with Crippen molar-refractivity contribution in [2.75, 3.05) is 32.8 Å². The van der Waals surface area contributed by atoms with E-state index in [0.717, 1.165) is 18.9 Å². The van der Waals surface area contributed by atoms with Crippen LogP contribution in [0.2, 0.25) is 0 Å². The van der Waals surface area contributed by atoms with Gasteiger partial charge in [-0.15, -0.1) is 0 Å². The number of rotatable bonds is 8. The number of nitrogens with zero attached hydrogens (tertiary/aromatic N) is 3. The van der Waals surface area contributed by atoms with Crippen LogP contribution in [0.5, 0.6) is 5.75 Å². The number of non-ortho nitro benzene ring substituents is 1. The zero-order chi connectivity index (χ0) is 22.4. The van der Waals surface area contributed by atoms with E-state index in [2.05, 4.69) is 6.92 Å². The number of amides is 1. The molecule has 9 nitrogen and oxygen atoms in total. The number of unbranched alkanes of at least 4 members (excludes halogenated alkanes) is 1. The predicted molar refractivity (Wildman–Crippen MR) is 115 cm³/mol. The maximum atomic E-state index is 12.8. The van der Waals surface area contributed by atoms with E-state index in [1.807, 2.05) is 0 Å². The first-order valence-electron chi connectivity index (χ1n) is 10.1. The van der Waals surface area contributed by atoms with Crippen LogP contribution in [0, 0.1) is 10.1 Å². The quantitative estimate of drug-likeness (QED) is 0.350. The van der Waals surface area contributed by atoms with Gasteiger partial charge in [0.05, 0.1) is 16.4 Å². The first kappa shape index (κ1) is 22.7. The molecule has 1 aliphatic heterocycles. The number of ether oxygens (including phenoxy) is 1. The Hall–Kier alpha value is -2.98. The lowest BCUT2D eigenvalue weighted by molar-refractivity contribution is -0.385. The van der Waals surface area contributed by atoms with Crippen molar-refractivity contribution in [2.24, 2.45) is 0 Å². The molecule has 0 bridgehead atoms. The van der Waals surface area contributed by atoms with Crippen LogP contribution in [0.1, 0.15) is 30.1 Å². The number of sulfonamides is 1. The summed E-state index contributed by atoms with van der Waals surface area (Å²) in [7, 11) is -3.87. The van der Waals surface area contributed by atoms with Gasteiger partial charge in [-0.05, 0) is 36.8 Å². The maximum Gasteiger partial charge on any atom is 0.270 e. The Morgan fingerprint density at radius 3 is 2.39 bits per heavy atom. The molecule has 0 unspecified atom stereocenters. The Bertz CT molecular complexity index is 1030. The van der Waals surface area contributed by atoms with Crippen molar-refractivity contribution in [3.8, 4) is 5.75 Å². The minimum atomic E-state index is -3.87. The molecule has 1 saturated heterocycles. The predicted octanol–water partition coefficient (Wildman–Crippen LogP) is 2.92. The third kappa shape index (κ3) is 5.39. The summed E-state index contributed by atoms with van der Waals surface area (Å²) in [5, 5.41) is 10.9. The summed E-state index contributed by atoms with van der Waals surface area (Å²) in [6.07, 6.45) is 2.00. The lowest BCUT2D eigenvalue weighted by Gasteiger charge is -2.34. The van der Waals surface area contributed by atoms with Crippen molar-refractivity contribution in [2.45, 2.75) is 24.7 Å². The number of hydrogen-bond donors (Lipinski definition) is 0. The summed E-state index contributed by atoms with van der Waals surface area (Å²) >= 11 is 0.